The van der Waals surface area contributed by atoms with Crippen molar-refractivity contribution in [2.75, 3.05) is 24.7 Å². The fourth-order valence-electron chi connectivity index (χ4n) is 2.71. The molecule has 0 unspecified atom stereocenters. The second-order valence-electron chi connectivity index (χ2n) is 5.22. The maximum Gasteiger partial charge on any atom is 0.240 e. The Kier molecular flexibility index (Phi) is 4.10. The Balaban J connectivity index is 1.65. The maximum atomic E-state index is 12.4. The molecule has 0 spiro atoms. The van der Waals surface area contributed by atoms with Crippen molar-refractivity contribution >= 4 is 29.0 Å². The van der Waals surface area contributed by atoms with E-state index in [1.54, 1.807) is 23.1 Å². The molecule has 0 saturated carbocycles. The predicted molar refractivity (Wildman–Crippen MR) is 79.7 cm³/mol. The van der Waals surface area contributed by atoms with Crippen LogP contribution < -0.4 is 5.32 Å². The Morgan fingerprint density at radius 2 is 2.47 bits per heavy atom. The number of thioether (sulfide) groups is 1. The van der Waals surface area contributed by atoms with E-state index >= 15 is 0 Å². The fraction of sp³-hybridized carbons (Fsp3) is 0.692. The van der Waals surface area contributed by atoms with Crippen molar-refractivity contribution in [2.45, 2.75) is 31.7 Å². The third kappa shape index (κ3) is 2.95. The Bertz CT molecular complexity index is 456. The molecule has 2 atom stereocenters. The van der Waals surface area contributed by atoms with E-state index in [4.69, 9.17) is 0 Å². The molecule has 1 N–H and O–H groups in total. The average Bonchev–Trinajstić information content (AvgIpc) is 3.09. The van der Waals surface area contributed by atoms with Gasteiger partial charge in [-0.05, 0) is 19.8 Å². The average molecular weight is 297 g/mol. The Hall–Kier alpha value is -0.590. The van der Waals surface area contributed by atoms with E-state index in [9.17, 15) is 4.79 Å². The zero-order valence-electron chi connectivity index (χ0n) is 11.1. The van der Waals surface area contributed by atoms with Crippen LogP contribution in [0.15, 0.2) is 5.38 Å². The molecule has 3 rings (SSSR count). The number of nitrogens with zero attached hydrogens (tertiary/aromatic N) is 2. The van der Waals surface area contributed by atoms with Crippen molar-refractivity contribution in [1.29, 1.82) is 0 Å². The first-order valence-electron chi connectivity index (χ1n) is 6.76. The lowest BCUT2D eigenvalue weighted by Gasteiger charge is -2.33. The van der Waals surface area contributed by atoms with Gasteiger partial charge < -0.3 is 4.90 Å². The van der Waals surface area contributed by atoms with E-state index < -0.39 is 0 Å². The number of hydrogen-bond donors (Lipinski definition) is 1. The van der Waals surface area contributed by atoms with Gasteiger partial charge in [0.2, 0.25) is 5.91 Å². The van der Waals surface area contributed by atoms with Crippen LogP contribution in [0.4, 0.5) is 0 Å². The van der Waals surface area contributed by atoms with Gasteiger partial charge in [-0.2, -0.15) is 0 Å². The standard InChI is InChI=1S/C13H19N3OS2/c1-9-6-19-12(15-9)10-3-2-4-16(5-10)13(17)11-7-18-8-14-11/h6,10-11,14H,2-5,7-8H2,1H3/t10-,11+/m1/s1. The topological polar surface area (TPSA) is 45.2 Å². The SMILES string of the molecule is Cc1csc([C@@H]2CCCN(C(=O)[C@@H]3CSCN3)C2)n1. The number of aryl methyl sites for hydroxylation is 1. The number of aromatic nitrogens is 1. The van der Waals surface area contributed by atoms with Crippen LogP contribution in [-0.4, -0.2) is 46.6 Å². The van der Waals surface area contributed by atoms with Gasteiger partial charge in [-0.15, -0.1) is 23.1 Å². The Morgan fingerprint density at radius 1 is 1.58 bits per heavy atom. The lowest BCUT2D eigenvalue weighted by atomic mass is 9.98. The lowest BCUT2D eigenvalue weighted by Crippen LogP contribution is -2.48. The molecule has 104 valence electrons. The lowest BCUT2D eigenvalue weighted by molar-refractivity contribution is -0.133. The number of carbonyl (C=O) groups excluding carboxylic acids is 1. The number of piperidine rings is 1. The van der Waals surface area contributed by atoms with Crippen LogP contribution >= 0.6 is 23.1 Å². The van der Waals surface area contributed by atoms with Crippen LogP contribution in [0.5, 0.6) is 0 Å². The molecule has 2 aliphatic heterocycles. The molecule has 4 nitrogen and oxygen atoms in total. The summed E-state index contributed by atoms with van der Waals surface area (Å²) in [6.45, 7) is 3.78. The number of nitrogens with one attached hydrogen (secondary N) is 1. The monoisotopic (exact) mass is 297 g/mol. The zero-order valence-corrected chi connectivity index (χ0v) is 12.7. The quantitative estimate of drug-likeness (QED) is 0.904. The molecule has 2 saturated heterocycles. The normalized spacial score (nSPS) is 27.7. The second kappa shape index (κ2) is 5.81. The first-order chi connectivity index (χ1) is 9.24. The third-order valence-corrected chi connectivity index (χ3v) is 5.80. The highest BCUT2D eigenvalue weighted by atomic mass is 32.2. The molecule has 19 heavy (non-hydrogen) atoms. The number of rotatable bonds is 2. The maximum absolute atomic E-state index is 12.4. The Morgan fingerprint density at radius 3 is 3.16 bits per heavy atom. The van der Waals surface area contributed by atoms with Crippen LogP contribution in [0, 0.1) is 6.92 Å². The largest absolute Gasteiger partial charge is 0.341 e. The summed E-state index contributed by atoms with van der Waals surface area (Å²) in [6.07, 6.45) is 2.25. The van der Waals surface area contributed by atoms with E-state index in [1.807, 2.05) is 11.8 Å². The van der Waals surface area contributed by atoms with Crippen molar-refractivity contribution in [1.82, 2.24) is 15.2 Å². The molecule has 3 heterocycles. The molecular formula is C13H19N3OS2. The number of thiazole rings is 1. The highest BCUT2D eigenvalue weighted by Crippen LogP contribution is 2.29. The molecule has 0 aromatic carbocycles. The van der Waals surface area contributed by atoms with Gasteiger partial charge in [-0.1, -0.05) is 0 Å². The van der Waals surface area contributed by atoms with E-state index in [2.05, 4.69) is 15.7 Å². The number of likely N-dealkylation sites (tertiary alicyclic amines) is 1. The highest BCUT2D eigenvalue weighted by Gasteiger charge is 2.31. The van der Waals surface area contributed by atoms with Crippen molar-refractivity contribution in [2.24, 2.45) is 0 Å². The van der Waals surface area contributed by atoms with E-state index in [1.165, 1.54) is 5.01 Å². The molecular weight excluding hydrogens is 278 g/mol. The molecule has 1 aromatic heterocycles. The van der Waals surface area contributed by atoms with Gasteiger partial charge >= 0.3 is 0 Å². The molecule has 0 bridgehead atoms. The molecule has 2 fully saturated rings. The van der Waals surface area contributed by atoms with Gasteiger partial charge in [0, 0.05) is 41.7 Å². The summed E-state index contributed by atoms with van der Waals surface area (Å²) in [5.41, 5.74) is 1.09. The van der Waals surface area contributed by atoms with Gasteiger partial charge in [-0.25, -0.2) is 4.98 Å². The molecule has 2 aliphatic rings. The molecule has 1 aromatic rings. The molecule has 0 radical (unpaired) electrons. The van der Waals surface area contributed by atoms with Crippen molar-refractivity contribution in [3.05, 3.63) is 16.1 Å². The number of carbonyl (C=O) groups is 1. The molecule has 1 amide bonds. The van der Waals surface area contributed by atoms with Gasteiger partial charge in [0.25, 0.3) is 0 Å². The highest BCUT2D eigenvalue weighted by molar-refractivity contribution is 7.99. The van der Waals surface area contributed by atoms with Gasteiger partial charge in [0.05, 0.1) is 11.0 Å². The summed E-state index contributed by atoms with van der Waals surface area (Å²) in [7, 11) is 0. The number of amides is 1. The zero-order chi connectivity index (χ0) is 13.2. The molecule has 0 aliphatic carbocycles. The van der Waals surface area contributed by atoms with Crippen LogP contribution in [0.1, 0.15) is 29.5 Å². The molecule has 6 heteroatoms. The minimum absolute atomic E-state index is 0.0294. The van der Waals surface area contributed by atoms with Crippen LogP contribution in [0.2, 0.25) is 0 Å². The minimum atomic E-state index is 0.0294. The summed E-state index contributed by atoms with van der Waals surface area (Å²) in [4.78, 5) is 19.0. The summed E-state index contributed by atoms with van der Waals surface area (Å²) < 4.78 is 0. The summed E-state index contributed by atoms with van der Waals surface area (Å²) in [5, 5.41) is 6.57. The Labute approximate surface area is 122 Å². The van der Waals surface area contributed by atoms with Gasteiger partial charge in [0.1, 0.15) is 0 Å². The van der Waals surface area contributed by atoms with Crippen molar-refractivity contribution in [3.8, 4) is 0 Å². The first kappa shape index (κ1) is 13.4. The van der Waals surface area contributed by atoms with E-state index in [0.717, 1.165) is 43.3 Å². The summed E-state index contributed by atoms with van der Waals surface area (Å²) in [5.74, 6) is 2.53. The van der Waals surface area contributed by atoms with E-state index in [-0.39, 0.29) is 11.9 Å². The van der Waals surface area contributed by atoms with Gasteiger partial charge in [-0.3, -0.25) is 10.1 Å². The third-order valence-electron chi connectivity index (χ3n) is 3.73. The van der Waals surface area contributed by atoms with Crippen LogP contribution in [-0.2, 0) is 4.79 Å². The first-order valence-corrected chi connectivity index (χ1v) is 8.79. The smallest absolute Gasteiger partial charge is 0.240 e. The van der Waals surface area contributed by atoms with Crippen LogP contribution in [0.3, 0.4) is 0 Å². The summed E-state index contributed by atoms with van der Waals surface area (Å²) >= 11 is 3.54. The predicted octanol–water partition coefficient (Wildman–Crippen LogP) is 1.82. The van der Waals surface area contributed by atoms with E-state index in [0.29, 0.717) is 5.92 Å². The summed E-state index contributed by atoms with van der Waals surface area (Å²) in [6, 6.07) is 0.0294. The number of hydrogen-bond acceptors (Lipinski definition) is 5. The van der Waals surface area contributed by atoms with Gasteiger partial charge in [0.15, 0.2) is 0 Å². The van der Waals surface area contributed by atoms with Crippen molar-refractivity contribution in [3.63, 3.8) is 0 Å². The second-order valence-corrected chi connectivity index (χ2v) is 7.14. The van der Waals surface area contributed by atoms with Crippen molar-refractivity contribution < 1.29 is 4.79 Å². The fourth-order valence-corrected chi connectivity index (χ4v) is 4.57. The van der Waals surface area contributed by atoms with Crippen LogP contribution in [0.25, 0.3) is 0 Å². The minimum Gasteiger partial charge on any atom is -0.341 e.